The molecule has 0 spiro atoms. The molecule has 1 aliphatic heterocycles. The molecule has 1 aromatic rings. The molecule has 2 heteroatoms. The van der Waals surface area contributed by atoms with E-state index >= 15 is 0 Å². The molecule has 0 amide bonds. The lowest BCUT2D eigenvalue weighted by Crippen LogP contribution is -2.42. The Morgan fingerprint density at radius 1 is 1.06 bits per heavy atom. The molecule has 2 aliphatic rings. The lowest BCUT2D eigenvalue weighted by atomic mass is 9.85. The van der Waals surface area contributed by atoms with Gasteiger partial charge in [-0.3, -0.25) is 4.90 Å². The van der Waals surface area contributed by atoms with Gasteiger partial charge < -0.3 is 5.11 Å². The van der Waals surface area contributed by atoms with Crippen molar-refractivity contribution in [3.63, 3.8) is 0 Å². The lowest BCUT2D eigenvalue weighted by molar-refractivity contribution is 0.0625. The summed E-state index contributed by atoms with van der Waals surface area (Å²) in [7, 11) is 0. The summed E-state index contributed by atoms with van der Waals surface area (Å²) in [6.07, 6.45) is 2.64. The molecule has 2 atom stereocenters. The molecule has 17 heavy (non-hydrogen) atoms. The monoisotopic (exact) mass is 231 g/mol. The van der Waals surface area contributed by atoms with E-state index < -0.39 is 0 Å². The van der Waals surface area contributed by atoms with Crippen molar-refractivity contribution < 1.29 is 5.11 Å². The molecule has 2 unspecified atom stereocenters. The minimum atomic E-state index is 0.397. The Kier molecular flexibility index (Phi) is 3.17. The highest BCUT2D eigenvalue weighted by molar-refractivity contribution is 5.14. The first-order chi connectivity index (χ1) is 8.36. The molecule has 1 aromatic carbocycles. The molecule has 1 aliphatic carbocycles. The first kappa shape index (κ1) is 11.2. The van der Waals surface area contributed by atoms with Crippen LogP contribution in [-0.4, -0.2) is 29.7 Å². The first-order valence-electron chi connectivity index (χ1n) is 6.74. The molecule has 2 fully saturated rings. The van der Waals surface area contributed by atoms with Crippen LogP contribution in [0.5, 0.6) is 0 Å². The maximum atomic E-state index is 9.43. The molecule has 1 saturated heterocycles. The number of hydrogen-bond acceptors (Lipinski definition) is 2. The molecule has 0 aromatic heterocycles. The second kappa shape index (κ2) is 4.79. The number of rotatable bonds is 3. The molecule has 1 heterocycles. The van der Waals surface area contributed by atoms with Crippen molar-refractivity contribution in [1.82, 2.24) is 4.90 Å². The number of hydrogen-bond donors (Lipinski definition) is 1. The number of benzene rings is 1. The van der Waals surface area contributed by atoms with E-state index in [1.165, 1.54) is 31.5 Å². The lowest BCUT2D eigenvalue weighted by Gasteiger charge is -2.37. The second-order valence-corrected chi connectivity index (χ2v) is 5.62. The van der Waals surface area contributed by atoms with Gasteiger partial charge in [-0.15, -0.1) is 0 Å². The predicted molar refractivity (Wildman–Crippen MR) is 68.5 cm³/mol. The fourth-order valence-corrected chi connectivity index (χ4v) is 3.70. The van der Waals surface area contributed by atoms with Crippen LogP contribution in [0.2, 0.25) is 0 Å². The topological polar surface area (TPSA) is 23.5 Å². The van der Waals surface area contributed by atoms with Gasteiger partial charge in [0.15, 0.2) is 0 Å². The minimum Gasteiger partial charge on any atom is -0.396 e. The number of nitrogens with zero attached hydrogens (tertiary/aromatic N) is 1. The van der Waals surface area contributed by atoms with E-state index in [4.69, 9.17) is 0 Å². The van der Waals surface area contributed by atoms with Crippen molar-refractivity contribution >= 4 is 0 Å². The summed E-state index contributed by atoms with van der Waals surface area (Å²) >= 11 is 0. The van der Waals surface area contributed by atoms with E-state index in [2.05, 4.69) is 35.2 Å². The zero-order valence-electron chi connectivity index (χ0n) is 10.3. The number of likely N-dealkylation sites (tertiary alicyclic amines) is 1. The van der Waals surface area contributed by atoms with Crippen LogP contribution in [0, 0.1) is 17.8 Å². The van der Waals surface area contributed by atoms with Gasteiger partial charge in [-0.1, -0.05) is 30.3 Å². The standard InChI is InChI=1S/C15H21NO/c17-11-15-13-6-7-14(15)10-16(9-13)8-12-4-2-1-3-5-12/h1-5,13-15,17H,6-11H2. The van der Waals surface area contributed by atoms with Gasteiger partial charge in [0, 0.05) is 26.2 Å². The summed E-state index contributed by atoms with van der Waals surface area (Å²) in [5.74, 6) is 2.06. The summed E-state index contributed by atoms with van der Waals surface area (Å²) in [6, 6.07) is 10.7. The molecule has 1 N–H and O–H groups in total. The van der Waals surface area contributed by atoms with Crippen molar-refractivity contribution in [3.8, 4) is 0 Å². The number of fused-ring (bicyclic) bond motifs is 2. The SMILES string of the molecule is OCC1C2CCC1CN(Cc1ccccc1)C2. The second-order valence-electron chi connectivity index (χ2n) is 5.62. The average Bonchev–Trinajstić information content (AvgIpc) is 2.61. The van der Waals surface area contributed by atoms with E-state index in [9.17, 15) is 5.11 Å². The minimum absolute atomic E-state index is 0.397. The van der Waals surface area contributed by atoms with Gasteiger partial charge in [-0.05, 0) is 36.2 Å². The molecule has 92 valence electrons. The summed E-state index contributed by atoms with van der Waals surface area (Å²) in [6.45, 7) is 3.83. The summed E-state index contributed by atoms with van der Waals surface area (Å²) < 4.78 is 0. The quantitative estimate of drug-likeness (QED) is 0.861. The van der Waals surface area contributed by atoms with Crippen molar-refractivity contribution in [3.05, 3.63) is 35.9 Å². The summed E-state index contributed by atoms with van der Waals surface area (Å²) in [5.41, 5.74) is 1.41. The van der Waals surface area contributed by atoms with Gasteiger partial charge in [-0.25, -0.2) is 0 Å². The van der Waals surface area contributed by atoms with Crippen molar-refractivity contribution in [2.75, 3.05) is 19.7 Å². The Labute approximate surface area is 103 Å². The zero-order valence-corrected chi connectivity index (χ0v) is 10.3. The van der Waals surface area contributed by atoms with Gasteiger partial charge in [-0.2, -0.15) is 0 Å². The molecular weight excluding hydrogens is 210 g/mol. The van der Waals surface area contributed by atoms with Crippen LogP contribution in [-0.2, 0) is 6.54 Å². The molecule has 0 radical (unpaired) electrons. The smallest absolute Gasteiger partial charge is 0.0465 e. The fraction of sp³-hybridized carbons (Fsp3) is 0.600. The Morgan fingerprint density at radius 2 is 1.71 bits per heavy atom. The molecule has 1 saturated carbocycles. The van der Waals surface area contributed by atoms with E-state index in [0.717, 1.165) is 18.4 Å². The summed E-state index contributed by atoms with van der Waals surface area (Å²) in [4.78, 5) is 2.57. The van der Waals surface area contributed by atoms with Gasteiger partial charge in [0.05, 0.1) is 0 Å². The molecule has 3 rings (SSSR count). The van der Waals surface area contributed by atoms with Crippen LogP contribution in [0.4, 0.5) is 0 Å². The number of aliphatic hydroxyl groups is 1. The highest BCUT2D eigenvalue weighted by atomic mass is 16.3. The third kappa shape index (κ3) is 2.24. The number of piperidine rings is 1. The predicted octanol–water partition coefficient (Wildman–Crippen LogP) is 2.14. The van der Waals surface area contributed by atoms with E-state index in [1.54, 1.807) is 0 Å². The van der Waals surface area contributed by atoms with Gasteiger partial charge in [0.2, 0.25) is 0 Å². The Morgan fingerprint density at radius 3 is 2.29 bits per heavy atom. The van der Waals surface area contributed by atoms with E-state index in [1.807, 2.05) is 0 Å². The van der Waals surface area contributed by atoms with Crippen LogP contribution < -0.4 is 0 Å². The molecule has 2 bridgehead atoms. The van der Waals surface area contributed by atoms with Crippen LogP contribution >= 0.6 is 0 Å². The van der Waals surface area contributed by atoms with E-state index in [-0.39, 0.29) is 0 Å². The van der Waals surface area contributed by atoms with Gasteiger partial charge >= 0.3 is 0 Å². The van der Waals surface area contributed by atoms with Crippen LogP contribution in [0.1, 0.15) is 18.4 Å². The third-order valence-corrected chi connectivity index (χ3v) is 4.56. The molecular formula is C15H21NO. The van der Waals surface area contributed by atoms with Crippen LogP contribution in [0.3, 0.4) is 0 Å². The molecule has 2 nitrogen and oxygen atoms in total. The van der Waals surface area contributed by atoms with Crippen LogP contribution in [0.25, 0.3) is 0 Å². The van der Waals surface area contributed by atoms with Crippen LogP contribution in [0.15, 0.2) is 30.3 Å². The maximum Gasteiger partial charge on any atom is 0.0465 e. The van der Waals surface area contributed by atoms with Gasteiger partial charge in [0.25, 0.3) is 0 Å². The highest BCUT2D eigenvalue weighted by Crippen LogP contribution is 2.41. The highest BCUT2D eigenvalue weighted by Gasteiger charge is 2.41. The van der Waals surface area contributed by atoms with Crippen molar-refractivity contribution in [1.29, 1.82) is 0 Å². The van der Waals surface area contributed by atoms with E-state index in [0.29, 0.717) is 12.5 Å². The summed E-state index contributed by atoms with van der Waals surface area (Å²) in [5, 5.41) is 9.43. The zero-order chi connectivity index (χ0) is 11.7. The Balaban J connectivity index is 1.65. The van der Waals surface area contributed by atoms with Crippen molar-refractivity contribution in [2.45, 2.75) is 19.4 Å². The maximum absolute atomic E-state index is 9.43. The third-order valence-electron chi connectivity index (χ3n) is 4.56. The average molecular weight is 231 g/mol. The first-order valence-corrected chi connectivity index (χ1v) is 6.74. The fourth-order valence-electron chi connectivity index (χ4n) is 3.70. The Bertz CT molecular complexity index is 350. The number of aliphatic hydroxyl groups excluding tert-OH is 1. The largest absolute Gasteiger partial charge is 0.396 e. The van der Waals surface area contributed by atoms with Gasteiger partial charge in [0.1, 0.15) is 0 Å². The normalized spacial score (nSPS) is 32.9. The Hall–Kier alpha value is -0.860. The van der Waals surface area contributed by atoms with Crippen molar-refractivity contribution in [2.24, 2.45) is 17.8 Å².